The third-order valence-corrected chi connectivity index (χ3v) is 5.31. The van der Waals surface area contributed by atoms with Gasteiger partial charge in [0.15, 0.2) is 11.2 Å². The minimum atomic E-state index is -0.430. The number of hydrazone groups is 1. The van der Waals surface area contributed by atoms with Crippen molar-refractivity contribution in [1.29, 1.82) is 0 Å². The number of nitrogens with one attached hydrogen (secondary N) is 1. The number of aromatic nitrogens is 4. The molecule has 0 amide bonds. The molecule has 0 fully saturated rings. The Kier molecular flexibility index (Phi) is 5.37. The molecule has 0 spiro atoms. The number of imidazole rings is 1. The van der Waals surface area contributed by atoms with Crippen LogP contribution in [0.25, 0.3) is 11.2 Å². The third kappa shape index (κ3) is 3.71. The van der Waals surface area contributed by atoms with E-state index >= 15 is 0 Å². The van der Waals surface area contributed by atoms with Crippen molar-refractivity contribution in [3.8, 4) is 0 Å². The summed E-state index contributed by atoms with van der Waals surface area (Å²) >= 11 is 3.43. The van der Waals surface area contributed by atoms with Gasteiger partial charge in [0, 0.05) is 18.6 Å². The van der Waals surface area contributed by atoms with Crippen LogP contribution in [0.2, 0.25) is 0 Å². The summed E-state index contributed by atoms with van der Waals surface area (Å²) in [5.74, 6) is 0.374. The van der Waals surface area contributed by atoms with Gasteiger partial charge in [0.2, 0.25) is 5.95 Å². The Morgan fingerprint density at radius 1 is 1.03 bits per heavy atom. The molecule has 4 aromatic rings. The highest BCUT2D eigenvalue weighted by atomic mass is 79.9. The Morgan fingerprint density at radius 3 is 2.43 bits per heavy atom. The predicted octanol–water partition coefficient (Wildman–Crippen LogP) is 2.69. The number of benzene rings is 2. The molecular formula is C21H19BrN6O2. The van der Waals surface area contributed by atoms with E-state index in [1.165, 1.54) is 11.6 Å². The quantitative estimate of drug-likeness (QED) is 0.361. The van der Waals surface area contributed by atoms with Crippen molar-refractivity contribution in [2.24, 2.45) is 19.2 Å². The van der Waals surface area contributed by atoms with E-state index in [2.05, 4.69) is 31.4 Å². The van der Waals surface area contributed by atoms with Crippen LogP contribution in [-0.2, 0) is 20.6 Å². The largest absolute Gasteiger partial charge is 0.332 e. The molecule has 9 heteroatoms. The van der Waals surface area contributed by atoms with Crippen molar-refractivity contribution in [3.05, 3.63) is 91.0 Å². The summed E-state index contributed by atoms with van der Waals surface area (Å²) in [5, 5.41) is 4.27. The van der Waals surface area contributed by atoms with E-state index in [1.807, 2.05) is 54.6 Å². The van der Waals surface area contributed by atoms with Gasteiger partial charge >= 0.3 is 5.69 Å². The maximum atomic E-state index is 12.9. The summed E-state index contributed by atoms with van der Waals surface area (Å²) in [4.78, 5) is 29.7. The van der Waals surface area contributed by atoms with Gasteiger partial charge in [-0.2, -0.15) is 10.1 Å². The lowest BCUT2D eigenvalue weighted by Crippen LogP contribution is -2.37. The number of rotatable bonds is 5. The number of hydrogen-bond acceptors (Lipinski definition) is 5. The van der Waals surface area contributed by atoms with Crippen molar-refractivity contribution in [2.75, 3.05) is 5.43 Å². The molecule has 0 radical (unpaired) electrons. The van der Waals surface area contributed by atoms with Gasteiger partial charge in [-0.15, -0.1) is 0 Å². The average Bonchev–Trinajstić information content (AvgIpc) is 3.11. The number of anilines is 1. The molecule has 0 aliphatic rings. The summed E-state index contributed by atoms with van der Waals surface area (Å²) < 4.78 is 5.15. The molecular weight excluding hydrogens is 448 g/mol. The number of nitrogens with zero attached hydrogens (tertiary/aromatic N) is 5. The van der Waals surface area contributed by atoms with E-state index in [0.717, 1.165) is 20.2 Å². The van der Waals surface area contributed by atoms with E-state index in [-0.39, 0.29) is 0 Å². The van der Waals surface area contributed by atoms with Gasteiger partial charge in [0.1, 0.15) is 0 Å². The fourth-order valence-corrected chi connectivity index (χ4v) is 3.43. The first kappa shape index (κ1) is 19.8. The lowest BCUT2D eigenvalue weighted by Gasteiger charge is -2.09. The van der Waals surface area contributed by atoms with Crippen LogP contribution in [0, 0.1) is 0 Å². The highest BCUT2D eigenvalue weighted by Crippen LogP contribution is 2.19. The minimum absolute atomic E-state index is 0.303. The molecule has 0 unspecified atom stereocenters. The summed E-state index contributed by atoms with van der Waals surface area (Å²) in [6.07, 6.45) is 1.67. The third-order valence-electron chi connectivity index (χ3n) is 4.78. The zero-order chi connectivity index (χ0) is 21.3. The summed E-state index contributed by atoms with van der Waals surface area (Å²) in [5.41, 5.74) is 4.62. The van der Waals surface area contributed by atoms with Crippen LogP contribution >= 0.6 is 15.9 Å². The highest BCUT2D eigenvalue weighted by Gasteiger charge is 2.19. The fraction of sp³-hybridized carbons (Fsp3) is 0.143. The molecule has 152 valence electrons. The number of aryl methyl sites for hydroxylation is 1. The SMILES string of the molecule is Cn1c(=O)c2c(nc(N/N=C\c3ccccc3)n2Cc2ccc(Br)cc2)n(C)c1=O. The average molecular weight is 467 g/mol. The summed E-state index contributed by atoms with van der Waals surface area (Å²) in [6.45, 7) is 0.389. The second-order valence-corrected chi connectivity index (χ2v) is 7.72. The maximum absolute atomic E-state index is 12.9. The Hall–Kier alpha value is -3.46. The number of fused-ring (bicyclic) bond motifs is 1. The molecule has 1 N–H and O–H groups in total. The molecule has 2 aromatic carbocycles. The Bertz CT molecular complexity index is 1350. The van der Waals surface area contributed by atoms with E-state index in [9.17, 15) is 9.59 Å². The van der Waals surface area contributed by atoms with Crippen molar-refractivity contribution in [2.45, 2.75) is 6.54 Å². The van der Waals surface area contributed by atoms with Gasteiger partial charge in [-0.05, 0) is 23.3 Å². The lowest BCUT2D eigenvalue weighted by atomic mass is 10.2. The van der Waals surface area contributed by atoms with Crippen LogP contribution in [0.3, 0.4) is 0 Å². The number of halogens is 1. The predicted molar refractivity (Wildman–Crippen MR) is 121 cm³/mol. The van der Waals surface area contributed by atoms with Crippen molar-refractivity contribution < 1.29 is 0 Å². The molecule has 0 saturated carbocycles. The van der Waals surface area contributed by atoms with Crippen LogP contribution in [0.15, 0.2) is 73.8 Å². The minimum Gasteiger partial charge on any atom is -0.298 e. The summed E-state index contributed by atoms with van der Waals surface area (Å²) in [7, 11) is 3.06. The molecule has 8 nitrogen and oxygen atoms in total. The van der Waals surface area contributed by atoms with Crippen LogP contribution in [0.4, 0.5) is 5.95 Å². The fourth-order valence-electron chi connectivity index (χ4n) is 3.16. The molecule has 2 heterocycles. The van der Waals surface area contributed by atoms with Gasteiger partial charge < -0.3 is 0 Å². The lowest BCUT2D eigenvalue weighted by molar-refractivity contribution is 0.702. The molecule has 4 rings (SSSR count). The number of hydrogen-bond donors (Lipinski definition) is 1. The Morgan fingerprint density at radius 2 is 1.73 bits per heavy atom. The monoisotopic (exact) mass is 466 g/mol. The second-order valence-electron chi connectivity index (χ2n) is 6.81. The molecule has 0 bridgehead atoms. The van der Waals surface area contributed by atoms with Gasteiger partial charge in [0.05, 0.1) is 12.8 Å². The van der Waals surface area contributed by atoms with E-state index in [1.54, 1.807) is 17.8 Å². The van der Waals surface area contributed by atoms with E-state index in [0.29, 0.717) is 23.7 Å². The first-order chi connectivity index (χ1) is 14.5. The molecule has 0 saturated heterocycles. The first-order valence-electron chi connectivity index (χ1n) is 9.20. The zero-order valence-corrected chi connectivity index (χ0v) is 18.0. The zero-order valence-electron chi connectivity index (χ0n) is 16.4. The topological polar surface area (TPSA) is 86.2 Å². The first-order valence-corrected chi connectivity index (χ1v) is 10.00. The molecule has 0 aliphatic carbocycles. The molecule has 30 heavy (non-hydrogen) atoms. The van der Waals surface area contributed by atoms with Gasteiger partial charge in [-0.3, -0.25) is 18.5 Å². The maximum Gasteiger partial charge on any atom is 0.332 e. The Balaban J connectivity index is 1.83. The normalized spacial score (nSPS) is 11.4. The van der Waals surface area contributed by atoms with Gasteiger partial charge in [-0.1, -0.05) is 58.4 Å². The van der Waals surface area contributed by atoms with Gasteiger partial charge in [0.25, 0.3) is 5.56 Å². The molecule has 2 aromatic heterocycles. The standard InChI is InChI=1S/C21H19BrN6O2/c1-26-18-17(19(29)27(2)21(26)30)28(13-15-8-10-16(22)11-9-15)20(24-18)25-23-12-14-6-4-3-5-7-14/h3-12H,13H2,1-2H3,(H,24,25)/b23-12-. The van der Waals surface area contributed by atoms with E-state index in [4.69, 9.17) is 0 Å². The smallest absolute Gasteiger partial charge is 0.298 e. The molecule has 0 atom stereocenters. The van der Waals surface area contributed by atoms with Crippen molar-refractivity contribution in [1.82, 2.24) is 18.7 Å². The van der Waals surface area contributed by atoms with Crippen molar-refractivity contribution in [3.63, 3.8) is 0 Å². The molecule has 0 aliphatic heterocycles. The second kappa shape index (κ2) is 8.11. The highest BCUT2D eigenvalue weighted by molar-refractivity contribution is 9.10. The van der Waals surface area contributed by atoms with Crippen LogP contribution in [0.5, 0.6) is 0 Å². The van der Waals surface area contributed by atoms with Crippen LogP contribution in [0.1, 0.15) is 11.1 Å². The summed E-state index contributed by atoms with van der Waals surface area (Å²) in [6, 6.07) is 17.4. The Labute approximate surface area is 180 Å². The van der Waals surface area contributed by atoms with Crippen LogP contribution < -0.4 is 16.7 Å². The van der Waals surface area contributed by atoms with Crippen LogP contribution in [-0.4, -0.2) is 24.9 Å². The van der Waals surface area contributed by atoms with Crippen molar-refractivity contribution >= 4 is 39.3 Å². The van der Waals surface area contributed by atoms with E-state index < -0.39 is 11.2 Å². The van der Waals surface area contributed by atoms with Gasteiger partial charge in [-0.25, -0.2) is 10.2 Å².